The summed E-state index contributed by atoms with van der Waals surface area (Å²) in [5.74, 6) is 0.977. The van der Waals surface area contributed by atoms with Gasteiger partial charge in [-0.2, -0.15) is 5.26 Å². The molecule has 0 aliphatic carbocycles. The van der Waals surface area contributed by atoms with Gasteiger partial charge in [0.05, 0.1) is 5.56 Å². The number of carbonyl (C=O) groups is 1. The van der Waals surface area contributed by atoms with Gasteiger partial charge in [0.15, 0.2) is 5.76 Å². The summed E-state index contributed by atoms with van der Waals surface area (Å²) in [6, 6.07) is 11.4. The topological polar surface area (TPSA) is 73.4 Å². The van der Waals surface area contributed by atoms with Crippen LogP contribution in [0.3, 0.4) is 0 Å². The molecular weight excluding hydrogens is 408 g/mol. The van der Waals surface area contributed by atoms with Crippen LogP contribution in [0.4, 0.5) is 5.82 Å². The number of hydrogen-bond acceptors (Lipinski definition) is 5. The Morgan fingerprint density at radius 2 is 2.04 bits per heavy atom. The van der Waals surface area contributed by atoms with Gasteiger partial charge in [-0.15, -0.1) is 0 Å². The first kappa shape index (κ1) is 17.6. The molecule has 0 unspecified atom stereocenters. The lowest BCUT2D eigenvalue weighted by molar-refractivity contribution is 0.0716. The van der Waals surface area contributed by atoms with E-state index in [9.17, 15) is 10.1 Å². The van der Waals surface area contributed by atoms with Gasteiger partial charge in [-0.25, -0.2) is 4.98 Å². The summed E-state index contributed by atoms with van der Waals surface area (Å²) in [5, 5.41) is 10.2. The Balaban J connectivity index is 1.52. The average Bonchev–Trinajstić information content (AvgIpc) is 3.03. The molecule has 3 aromatic rings. The molecule has 0 radical (unpaired) electrons. The van der Waals surface area contributed by atoms with E-state index in [1.165, 1.54) is 0 Å². The van der Waals surface area contributed by atoms with E-state index in [1.807, 2.05) is 30.0 Å². The normalized spacial score (nSPS) is 14.4. The fourth-order valence-electron chi connectivity index (χ4n) is 3.40. The van der Waals surface area contributed by atoms with E-state index < -0.39 is 0 Å². The van der Waals surface area contributed by atoms with Crippen molar-refractivity contribution >= 4 is 38.6 Å². The number of pyridine rings is 1. The van der Waals surface area contributed by atoms with Gasteiger partial charge < -0.3 is 14.2 Å². The monoisotopic (exact) mass is 424 g/mol. The SMILES string of the molecule is Cc1c(C(=O)N2CCN(c3ncccc3C#N)CC2)oc2ccc(Br)cc12. The first-order chi connectivity index (χ1) is 13.1. The summed E-state index contributed by atoms with van der Waals surface area (Å²) in [7, 11) is 0. The molecule has 0 spiro atoms. The van der Waals surface area contributed by atoms with E-state index in [4.69, 9.17) is 4.42 Å². The summed E-state index contributed by atoms with van der Waals surface area (Å²) < 4.78 is 6.79. The van der Waals surface area contributed by atoms with Crippen LogP contribution >= 0.6 is 15.9 Å². The van der Waals surface area contributed by atoms with Gasteiger partial charge in [0, 0.05) is 47.8 Å². The van der Waals surface area contributed by atoms with E-state index in [0.717, 1.165) is 15.4 Å². The maximum atomic E-state index is 13.0. The molecule has 7 heteroatoms. The first-order valence-electron chi connectivity index (χ1n) is 8.66. The summed E-state index contributed by atoms with van der Waals surface area (Å²) in [6.45, 7) is 4.28. The molecule has 1 fully saturated rings. The third kappa shape index (κ3) is 3.17. The largest absolute Gasteiger partial charge is 0.451 e. The van der Waals surface area contributed by atoms with Gasteiger partial charge in [-0.05, 0) is 37.3 Å². The highest BCUT2D eigenvalue weighted by atomic mass is 79.9. The minimum atomic E-state index is -0.0963. The molecule has 0 bridgehead atoms. The Morgan fingerprint density at radius 3 is 2.78 bits per heavy atom. The second kappa shape index (κ2) is 7.05. The van der Waals surface area contributed by atoms with Gasteiger partial charge in [0.25, 0.3) is 5.91 Å². The van der Waals surface area contributed by atoms with Crippen LogP contribution in [0.5, 0.6) is 0 Å². The molecule has 27 heavy (non-hydrogen) atoms. The number of piperazine rings is 1. The Labute approximate surface area is 165 Å². The molecule has 1 saturated heterocycles. The molecule has 1 aliphatic rings. The number of anilines is 1. The van der Waals surface area contributed by atoms with Crippen LogP contribution in [0.1, 0.15) is 21.7 Å². The quantitative estimate of drug-likeness (QED) is 0.626. The van der Waals surface area contributed by atoms with E-state index in [1.54, 1.807) is 23.2 Å². The lowest BCUT2D eigenvalue weighted by Gasteiger charge is -2.35. The average molecular weight is 425 g/mol. The molecule has 6 nitrogen and oxygen atoms in total. The third-order valence-corrected chi connectivity index (χ3v) is 5.36. The number of halogens is 1. The Kier molecular flexibility index (Phi) is 4.58. The Bertz CT molecular complexity index is 1060. The van der Waals surface area contributed by atoms with Crippen LogP contribution in [0.15, 0.2) is 45.4 Å². The number of rotatable bonds is 2. The maximum absolute atomic E-state index is 13.0. The van der Waals surface area contributed by atoms with Crippen molar-refractivity contribution in [3.8, 4) is 6.07 Å². The van der Waals surface area contributed by atoms with E-state index >= 15 is 0 Å². The van der Waals surface area contributed by atoms with Crippen molar-refractivity contribution in [1.29, 1.82) is 5.26 Å². The fraction of sp³-hybridized carbons (Fsp3) is 0.250. The van der Waals surface area contributed by atoms with Gasteiger partial charge in [-0.1, -0.05) is 15.9 Å². The molecule has 1 amide bonds. The maximum Gasteiger partial charge on any atom is 0.290 e. The van der Waals surface area contributed by atoms with E-state index in [-0.39, 0.29) is 5.91 Å². The second-order valence-corrected chi connectivity index (χ2v) is 7.38. The molecule has 0 saturated carbocycles. The zero-order chi connectivity index (χ0) is 19.0. The lowest BCUT2D eigenvalue weighted by Crippen LogP contribution is -2.49. The number of fused-ring (bicyclic) bond motifs is 1. The van der Waals surface area contributed by atoms with Gasteiger partial charge in [-0.3, -0.25) is 4.79 Å². The molecule has 0 atom stereocenters. The van der Waals surface area contributed by atoms with Crippen molar-refractivity contribution in [3.63, 3.8) is 0 Å². The molecule has 2 aromatic heterocycles. The van der Waals surface area contributed by atoms with Crippen LogP contribution in [0.2, 0.25) is 0 Å². The number of amides is 1. The molecule has 3 heterocycles. The van der Waals surface area contributed by atoms with Crippen LogP contribution in [-0.4, -0.2) is 42.0 Å². The van der Waals surface area contributed by atoms with Gasteiger partial charge in [0.1, 0.15) is 17.5 Å². The number of nitrogens with zero attached hydrogens (tertiary/aromatic N) is 4. The zero-order valence-electron chi connectivity index (χ0n) is 14.8. The highest BCUT2D eigenvalue weighted by Crippen LogP contribution is 2.29. The minimum Gasteiger partial charge on any atom is -0.451 e. The highest BCUT2D eigenvalue weighted by molar-refractivity contribution is 9.10. The molecular formula is C20H17BrN4O2. The predicted octanol–water partition coefficient (Wildman–Crippen LogP) is 3.73. The van der Waals surface area contributed by atoms with Crippen molar-refractivity contribution in [1.82, 2.24) is 9.88 Å². The second-order valence-electron chi connectivity index (χ2n) is 6.46. The molecule has 1 aromatic carbocycles. The lowest BCUT2D eigenvalue weighted by atomic mass is 10.1. The number of nitriles is 1. The number of aromatic nitrogens is 1. The Morgan fingerprint density at radius 1 is 1.26 bits per heavy atom. The van der Waals surface area contributed by atoms with Crippen molar-refractivity contribution in [2.24, 2.45) is 0 Å². The molecule has 1 aliphatic heterocycles. The van der Waals surface area contributed by atoms with Crippen LogP contribution in [-0.2, 0) is 0 Å². The minimum absolute atomic E-state index is 0.0963. The highest BCUT2D eigenvalue weighted by Gasteiger charge is 2.27. The zero-order valence-corrected chi connectivity index (χ0v) is 16.4. The van der Waals surface area contributed by atoms with Crippen LogP contribution in [0, 0.1) is 18.3 Å². The summed E-state index contributed by atoms with van der Waals surface area (Å²) >= 11 is 3.46. The number of carbonyl (C=O) groups excluding carboxylic acids is 1. The van der Waals surface area contributed by atoms with Crippen molar-refractivity contribution in [2.45, 2.75) is 6.92 Å². The number of benzene rings is 1. The van der Waals surface area contributed by atoms with E-state index in [2.05, 4.69) is 27.0 Å². The van der Waals surface area contributed by atoms with Crippen molar-refractivity contribution < 1.29 is 9.21 Å². The van der Waals surface area contributed by atoms with Gasteiger partial charge in [0.2, 0.25) is 0 Å². The standard InChI is InChI=1S/C20H17BrN4O2/c1-13-16-11-15(21)4-5-17(16)27-18(13)20(26)25-9-7-24(8-10-25)19-14(12-22)3-2-6-23-19/h2-6,11H,7-10H2,1H3. The predicted molar refractivity (Wildman–Crippen MR) is 106 cm³/mol. The van der Waals surface area contributed by atoms with Gasteiger partial charge >= 0.3 is 0 Å². The molecule has 4 rings (SSSR count). The number of furan rings is 1. The van der Waals surface area contributed by atoms with Crippen molar-refractivity contribution in [2.75, 3.05) is 31.1 Å². The summed E-state index contributed by atoms with van der Waals surface area (Å²) in [4.78, 5) is 21.1. The van der Waals surface area contributed by atoms with Crippen LogP contribution in [0.25, 0.3) is 11.0 Å². The van der Waals surface area contributed by atoms with Crippen molar-refractivity contribution in [3.05, 3.63) is 57.9 Å². The summed E-state index contributed by atoms with van der Waals surface area (Å²) in [6.07, 6.45) is 1.68. The number of hydrogen-bond donors (Lipinski definition) is 0. The number of aryl methyl sites for hydroxylation is 1. The van der Waals surface area contributed by atoms with E-state index in [0.29, 0.717) is 48.9 Å². The summed E-state index contributed by atoms with van der Waals surface area (Å²) in [5.41, 5.74) is 2.12. The fourth-order valence-corrected chi connectivity index (χ4v) is 3.76. The van der Waals surface area contributed by atoms with Crippen LogP contribution < -0.4 is 4.90 Å². The first-order valence-corrected chi connectivity index (χ1v) is 9.46. The third-order valence-electron chi connectivity index (χ3n) is 4.87. The molecule has 136 valence electrons. The Hall–Kier alpha value is -2.85. The molecule has 0 N–H and O–H groups in total. The smallest absolute Gasteiger partial charge is 0.290 e.